The van der Waals surface area contributed by atoms with Crippen molar-refractivity contribution in [1.82, 2.24) is 30.7 Å². The number of anilines is 1. The van der Waals surface area contributed by atoms with Crippen molar-refractivity contribution in [3.05, 3.63) is 65.7 Å². The molecule has 0 radical (unpaired) electrons. The molecule has 6 rings (SSSR count). The van der Waals surface area contributed by atoms with E-state index in [9.17, 15) is 33.6 Å². The minimum Gasteiger partial charge on any atom is -0.461 e. The summed E-state index contributed by atoms with van der Waals surface area (Å²) in [6.07, 6.45) is 3.80. The van der Waals surface area contributed by atoms with Crippen LogP contribution in [0.5, 0.6) is 0 Å². The molecule has 7 atom stereocenters. The van der Waals surface area contributed by atoms with Crippen LogP contribution in [0, 0.1) is 5.92 Å². The first-order chi connectivity index (χ1) is 26.9. The number of piperidine rings is 1. The zero-order chi connectivity index (χ0) is 39.9. The van der Waals surface area contributed by atoms with Gasteiger partial charge in [0, 0.05) is 31.7 Å². The molecule has 4 N–H and O–H groups in total. The van der Waals surface area contributed by atoms with Gasteiger partial charge in [-0.2, -0.15) is 0 Å². The van der Waals surface area contributed by atoms with Crippen molar-refractivity contribution >= 4 is 47.2 Å². The molecule has 0 aromatic heterocycles. The molecule has 0 saturated carbocycles. The van der Waals surface area contributed by atoms with Crippen molar-refractivity contribution in [2.24, 2.45) is 5.92 Å². The van der Waals surface area contributed by atoms with Crippen LogP contribution in [0.25, 0.3) is 0 Å². The van der Waals surface area contributed by atoms with E-state index in [1.807, 2.05) is 62.4 Å². The molecule has 4 aliphatic heterocycles. The van der Waals surface area contributed by atoms with Crippen LogP contribution in [0.15, 0.2) is 54.6 Å². The molecule has 4 fully saturated rings. The molecule has 56 heavy (non-hydrogen) atoms. The third kappa shape index (κ3) is 9.31. The molecule has 4 saturated heterocycles. The quantitative estimate of drug-likeness (QED) is 0.309. The van der Waals surface area contributed by atoms with E-state index in [0.29, 0.717) is 50.8 Å². The highest BCUT2D eigenvalue weighted by Gasteiger charge is 2.46. The maximum Gasteiger partial charge on any atom is 0.328 e. The lowest BCUT2D eigenvalue weighted by Crippen LogP contribution is -2.62. The summed E-state index contributed by atoms with van der Waals surface area (Å²) in [6.45, 7) is 5.69. The van der Waals surface area contributed by atoms with Crippen LogP contribution in [0.4, 0.5) is 10.5 Å². The number of aryl methyl sites for hydroxylation is 1. The van der Waals surface area contributed by atoms with Crippen molar-refractivity contribution in [2.45, 2.75) is 108 Å². The minimum atomic E-state index is -1.43. The molecule has 15 heteroatoms. The molecular weight excluding hydrogens is 718 g/mol. The first kappa shape index (κ1) is 40.2. The molecule has 0 unspecified atom stereocenters. The molecule has 4 aliphatic rings. The molecule has 2 aromatic rings. The summed E-state index contributed by atoms with van der Waals surface area (Å²) in [4.78, 5) is 102. The Kier molecular flexibility index (Phi) is 12.9. The van der Waals surface area contributed by atoms with Gasteiger partial charge in [-0.25, -0.2) is 9.59 Å². The van der Waals surface area contributed by atoms with Gasteiger partial charge in [-0.3, -0.25) is 24.0 Å². The lowest BCUT2D eigenvalue weighted by molar-refractivity contribution is -0.158. The number of hydrogen-bond acceptors (Lipinski definition) is 8. The van der Waals surface area contributed by atoms with Crippen LogP contribution in [0.2, 0.25) is 0 Å². The fourth-order valence-corrected chi connectivity index (χ4v) is 8.24. The second kappa shape index (κ2) is 18.0. The van der Waals surface area contributed by atoms with Crippen molar-refractivity contribution in [3.8, 4) is 0 Å². The Morgan fingerprint density at radius 3 is 2.30 bits per heavy atom. The zero-order valence-electron chi connectivity index (χ0n) is 32.3. The number of urea groups is 1. The number of nitrogens with one attached hydrogen (secondary N) is 4. The van der Waals surface area contributed by atoms with Gasteiger partial charge in [-0.05, 0) is 81.0 Å². The third-order valence-corrected chi connectivity index (χ3v) is 11.2. The van der Waals surface area contributed by atoms with Gasteiger partial charge in [-0.15, -0.1) is 0 Å². The van der Waals surface area contributed by atoms with E-state index in [2.05, 4.69) is 21.3 Å². The Labute approximate surface area is 327 Å². The maximum atomic E-state index is 14.5. The maximum absolute atomic E-state index is 14.5. The average Bonchev–Trinajstić information content (AvgIpc) is 3.85. The van der Waals surface area contributed by atoms with E-state index in [0.717, 1.165) is 17.5 Å². The molecule has 2 aromatic carbocycles. The molecule has 4 heterocycles. The van der Waals surface area contributed by atoms with Crippen LogP contribution in [0.3, 0.4) is 0 Å². The summed E-state index contributed by atoms with van der Waals surface area (Å²) in [6, 6.07) is 9.53. The van der Waals surface area contributed by atoms with Crippen molar-refractivity contribution in [2.75, 3.05) is 31.6 Å². The monoisotopic (exact) mass is 771 g/mol. The number of hydrogen-bond donors (Lipinski definition) is 4. The lowest BCUT2D eigenvalue weighted by atomic mass is 9.99. The average molecular weight is 772 g/mol. The summed E-state index contributed by atoms with van der Waals surface area (Å²) < 4.78 is 5.76. The van der Waals surface area contributed by atoms with Crippen LogP contribution < -0.4 is 21.3 Å². The van der Waals surface area contributed by atoms with E-state index in [1.165, 1.54) is 14.7 Å². The predicted octanol–water partition coefficient (Wildman–Crippen LogP) is 2.14. The molecule has 300 valence electrons. The Bertz CT molecular complexity index is 1810. The van der Waals surface area contributed by atoms with Gasteiger partial charge < -0.3 is 40.7 Å². The van der Waals surface area contributed by atoms with Gasteiger partial charge in [0.15, 0.2) is 0 Å². The molecular formula is C41H53N7O8. The number of benzene rings is 2. The highest BCUT2D eigenvalue weighted by molar-refractivity contribution is 5.98. The van der Waals surface area contributed by atoms with Gasteiger partial charge >= 0.3 is 12.0 Å². The number of amides is 7. The summed E-state index contributed by atoms with van der Waals surface area (Å²) >= 11 is 0. The Morgan fingerprint density at radius 2 is 1.54 bits per heavy atom. The molecule has 15 nitrogen and oxygen atoms in total. The Hall–Kier alpha value is -5.47. The Morgan fingerprint density at radius 1 is 0.821 bits per heavy atom. The van der Waals surface area contributed by atoms with Gasteiger partial charge in [-0.1, -0.05) is 56.3 Å². The normalized spacial score (nSPS) is 26.7. The highest BCUT2D eigenvalue weighted by Crippen LogP contribution is 2.28. The number of nitrogens with zero attached hydrogens (tertiary/aromatic N) is 3. The first-order valence-electron chi connectivity index (χ1n) is 19.8. The number of ether oxygens (including phenoxy) is 1. The lowest BCUT2D eigenvalue weighted by Gasteiger charge is -2.39. The van der Waals surface area contributed by atoms with E-state index in [4.69, 9.17) is 4.74 Å². The predicted molar refractivity (Wildman–Crippen MR) is 206 cm³/mol. The Balaban J connectivity index is 1.29. The number of fused-ring (bicyclic) bond motifs is 3. The van der Waals surface area contributed by atoms with Crippen molar-refractivity contribution < 1.29 is 38.3 Å². The fourth-order valence-electron chi connectivity index (χ4n) is 8.24. The summed E-state index contributed by atoms with van der Waals surface area (Å²) in [5, 5.41) is 11.1. The topological polar surface area (TPSA) is 187 Å². The summed E-state index contributed by atoms with van der Waals surface area (Å²) in [5.74, 6) is -3.43. The van der Waals surface area contributed by atoms with Gasteiger partial charge in [0.25, 0.3) is 0 Å². The molecule has 0 bridgehead atoms. The number of esters is 1. The van der Waals surface area contributed by atoms with E-state index >= 15 is 0 Å². The zero-order valence-corrected chi connectivity index (χ0v) is 32.3. The molecule has 7 amide bonds. The minimum absolute atomic E-state index is 0.0455. The van der Waals surface area contributed by atoms with Crippen LogP contribution in [-0.2, 0) is 46.3 Å². The van der Waals surface area contributed by atoms with Gasteiger partial charge in [0.1, 0.15) is 42.9 Å². The summed E-state index contributed by atoms with van der Waals surface area (Å²) in [5.41, 5.74) is 2.30. The van der Waals surface area contributed by atoms with Crippen molar-refractivity contribution in [1.29, 1.82) is 0 Å². The van der Waals surface area contributed by atoms with Crippen LogP contribution in [-0.4, -0.2) is 119 Å². The van der Waals surface area contributed by atoms with E-state index in [-0.39, 0.29) is 31.3 Å². The molecule has 0 aliphatic carbocycles. The number of rotatable bonds is 7. The first-order valence-corrected chi connectivity index (χ1v) is 19.8. The largest absolute Gasteiger partial charge is 0.461 e. The van der Waals surface area contributed by atoms with Crippen molar-refractivity contribution in [3.63, 3.8) is 0 Å². The third-order valence-electron chi connectivity index (χ3n) is 11.2. The molecule has 0 spiro atoms. The second-order valence-corrected chi connectivity index (χ2v) is 15.4. The van der Waals surface area contributed by atoms with E-state index in [1.54, 1.807) is 13.0 Å². The van der Waals surface area contributed by atoms with Crippen LogP contribution >= 0.6 is 0 Å². The number of carbonyl (C=O) groups is 7. The SMILES string of the molecule is CCc1cccc(NC(=O)N[C@@H](Cc2ccccc2)C(=O)N[C@H]2COC(=O)[C@@H]3C[C@H](C)CN3C(=O)[C@H](C)NC(=O)[C@@H]3CCCCN3C(=O)[C@@H]3CCCN3C2=O)c1. The second-order valence-electron chi connectivity index (χ2n) is 15.4. The summed E-state index contributed by atoms with van der Waals surface area (Å²) in [7, 11) is 0. The van der Waals surface area contributed by atoms with Gasteiger partial charge in [0.05, 0.1) is 0 Å². The highest BCUT2D eigenvalue weighted by atomic mass is 16.5. The van der Waals surface area contributed by atoms with Gasteiger partial charge in [0.2, 0.25) is 29.5 Å². The van der Waals surface area contributed by atoms with E-state index < -0.39 is 78.5 Å². The smallest absolute Gasteiger partial charge is 0.328 e. The van der Waals surface area contributed by atoms with Crippen LogP contribution in [0.1, 0.15) is 70.4 Å². The standard InChI is InChI=1S/C41H53N7O8/c1-4-27-14-10-15-29(21-27)43-41(55)45-30(22-28-12-6-5-7-13-28)35(49)44-31-24-56-40(54)34-20-25(2)23-48(34)37(51)26(3)42-36(50)32-16-8-9-18-46(32)39(53)33-17-11-19-47(33)38(31)52/h5-7,10,12-15,21,25-26,30-34H,4,8-9,11,16-20,22-24H2,1-3H3,(H,42,50)(H,44,49)(H2,43,45,55)/t25-,26-,30-,31-,32-,33-,34-/m0/s1. The number of carbonyl (C=O) groups excluding carboxylic acids is 7. The fraction of sp³-hybridized carbons (Fsp3) is 0.537. The number of cyclic esters (lactones) is 1.